The zero-order valence-corrected chi connectivity index (χ0v) is 13.3. The number of carbonyl (C=O) groups is 2. The van der Waals surface area contributed by atoms with Gasteiger partial charge in [0.25, 0.3) is 0 Å². The van der Waals surface area contributed by atoms with Crippen LogP contribution >= 0.6 is 0 Å². The summed E-state index contributed by atoms with van der Waals surface area (Å²) in [5.74, 6) is -1.40. The Morgan fingerprint density at radius 3 is 2.50 bits per heavy atom. The lowest BCUT2D eigenvalue weighted by Gasteiger charge is -2.26. The van der Waals surface area contributed by atoms with Crippen molar-refractivity contribution >= 4 is 17.6 Å². The van der Waals surface area contributed by atoms with Crippen LogP contribution < -0.4 is 10.6 Å². The van der Waals surface area contributed by atoms with E-state index in [2.05, 4.69) is 0 Å². The molecule has 1 amide bonds. The minimum atomic E-state index is -1.18. The summed E-state index contributed by atoms with van der Waals surface area (Å²) in [6, 6.07) is 16.6. The fourth-order valence-corrected chi connectivity index (χ4v) is 3.22. The number of hydrogen-bond donors (Lipinski definition) is 2. The molecule has 0 aromatic heterocycles. The Balaban J connectivity index is 1.85. The van der Waals surface area contributed by atoms with Gasteiger partial charge in [-0.05, 0) is 30.0 Å². The number of carboxylic acids is 1. The van der Waals surface area contributed by atoms with E-state index in [0.717, 1.165) is 29.7 Å². The first-order chi connectivity index (χ1) is 11.6. The van der Waals surface area contributed by atoms with Crippen molar-refractivity contribution in [2.45, 2.75) is 31.3 Å². The summed E-state index contributed by atoms with van der Waals surface area (Å²) in [6.07, 6.45) is 1.29. The fourth-order valence-electron chi connectivity index (χ4n) is 3.22. The average Bonchev–Trinajstić information content (AvgIpc) is 2.93. The van der Waals surface area contributed by atoms with Crippen LogP contribution in [0.3, 0.4) is 0 Å². The SMILES string of the molecule is N[C@@H](CC(=O)N1c2ccccc2CC1Cc1ccccc1)C(=O)O. The summed E-state index contributed by atoms with van der Waals surface area (Å²) in [7, 11) is 0. The Morgan fingerprint density at radius 2 is 1.79 bits per heavy atom. The minimum absolute atomic E-state index is 0.0155. The molecule has 1 aliphatic rings. The van der Waals surface area contributed by atoms with Crippen molar-refractivity contribution in [1.29, 1.82) is 0 Å². The normalized spacial score (nSPS) is 17.4. The maximum Gasteiger partial charge on any atom is 0.321 e. The molecule has 0 spiro atoms. The second-order valence-electron chi connectivity index (χ2n) is 6.09. The molecule has 2 aromatic carbocycles. The highest BCUT2D eigenvalue weighted by Gasteiger charge is 2.34. The molecule has 5 nitrogen and oxygen atoms in total. The van der Waals surface area contributed by atoms with Gasteiger partial charge in [-0.1, -0.05) is 48.5 Å². The molecule has 0 bridgehead atoms. The third-order valence-electron chi connectivity index (χ3n) is 4.37. The van der Waals surface area contributed by atoms with Gasteiger partial charge >= 0.3 is 5.97 Å². The molecule has 2 atom stereocenters. The van der Waals surface area contributed by atoms with Gasteiger partial charge in [-0.25, -0.2) is 0 Å². The van der Waals surface area contributed by atoms with Crippen LogP contribution in [0, 0.1) is 0 Å². The third-order valence-corrected chi connectivity index (χ3v) is 4.37. The summed E-state index contributed by atoms with van der Waals surface area (Å²) >= 11 is 0. The molecule has 1 aliphatic heterocycles. The van der Waals surface area contributed by atoms with Gasteiger partial charge in [0.05, 0.1) is 6.42 Å². The lowest BCUT2D eigenvalue weighted by atomic mass is 10.0. The minimum Gasteiger partial charge on any atom is -0.480 e. The first-order valence-electron chi connectivity index (χ1n) is 7.98. The van der Waals surface area contributed by atoms with Gasteiger partial charge in [0, 0.05) is 11.7 Å². The number of hydrogen-bond acceptors (Lipinski definition) is 3. The molecule has 0 radical (unpaired) electrons. The number of aliphatic carboxylic acids is 1. The van der Waals surface area contributed by atoms with Crippen LogP contribution in [0.1, 0.15) is 17.5 Å². The van der Waals surface area contributed by atoms with Gasteiger partial charge < -0.3 is 15.7 Å². The molecule has 3 rings (SSSR count). The number of carbonyl (C=O) groups excluding carboxylic acids is 1. The molecule has 1 heterocycles. The van der Waals surface area contributed by atoms with Crippen molar-refractivity contribution in [2.24, 2.45) is 5.73 Å². The molecular formula is C19H20N2O3. The Morgan fingerprint density at radius 1 is 1.12 bits per heavy atom. The molecule has 0 fully saturated rings. The molecule has 2 aromatic rings. The summed E-state index contributed by atoms with van der Waals surface area (Å²) in [5, 5.41) is 8.97. The first-order valence-corrected chi connectivity index (χ1v) is 7.98. The number of fused-ring (bicyclic) bond motifs is 1. The Hall–Kier alpha value is -2.66. The summed E-state index contributed by atoms with van der Waals surface area (Å²) < 4.78 is 0. The van der Waals surface area contributed by atoms with Crippen LogP contribution in [0.25, 0.3) is 0 Å². The van der Waals surface area contributed by atoms with E-state index < -0.39 is 12.0 Å². The van der Waals surface area contributed by atoms with Gasteiger partial charge in [-0.15, -0.1) is 0 Å². The van der Waals surface area contributed by atoms with Crippen LogP contribution in [-0.2, 0) is 22.4 Å². The molecule has 124 valence electrons. The van der Waals surface area contributed by atoms with Crippen molar-refractivity contribution in [3.63, 3.8) is 0 Å². The van der Waals surface area contributed by atoms with E-state index in [1.165, 1.54) is 0 Å². The predicted molar refractivity (Wildman–Crippen MR) is 91.8 cm³/mol. The Kier molecular flexibility index (Phi) is 4.62. The number of carboxylic acid groups (broad SMARTS) is 1. The highest BCUT2D eigenvalue weighted by molar-refractivity contribution is 5.98. The predicted octanol–water partition coefficient (Wildman–Crippen LogP) is 1.99. The highest BCUT2D eigenvalue weighted by Crippen LogP contribution is 2.34. The molecule has 0 saturated heterocycles. The molecule has 0 saturated carbocycles. The number of amides is 1. The number of anilines is 1. The monoisotopic (exact) mass is 324 g/mol. The number of nitrogens with two attached hydrogens (primary N) is 1. The molecule has 3 N–H and O–H groups in total. The van der Waals surface area contributed by atoms with E-state index in [1.54, 1.807) is 4.90 Å². The maximum absolute atomic E-state index is 12.7. The molecule has 5 heteroatoms. The van der Waals surface area contributed by atoms with Gasteiger partial charge in [-0.2, -0.15) is 0 Å². The summed E-state index contributed by atoms with van der Waals surface area (Å²) in [6.45, 7) is 0. The number of para-hydroxylation sites is 1. The van der Waals surface area contributed by atoms with Crippen LogP contribution in [-0.4, -0.2) is 29.1 Å². The molecular weight excluding hydrogens is 304 g/mol. The van der Waals surface area contributed by atoms with Crippen molar-refractivity contribution in [3.8, 4) is 0 Å². The van der Waals surface area contributed by atoms with Gasteiger partial charge in [0.2, 0.25) is 5.91 Å². The summed E-state index contributed by atoms with van der Waals surface area (Å²) in [5.41, 5.74) is 8.67. The van der Waals surface area contributed by atoms with Gasteiger partial charge in [-0.3, -0.25) is 9.59 Å². The summed E-state index contributed by atoms with van der Waals surface area (Å²) in [4.78, 5) is 25.4. The smallest absolute Gasteiger partial charge is 0.321 e. The second-order valence-corrected chi connectivity index (χ2v) is 6.09. The zero-order chi connectivity index (χ0) is 17.1. The van der Waals surface area contributed by atoms with E-state index in [0.29, 0.717) is 0 Å². The third kappa shape index (κ3) is 3.31. The van der Waals surface area contributed by atoms with E-state index in [1.807, 2.05) is 54.6 Å². The first kappa shape index (κ1) is 16.2. The van der Waals surface area contributed by atoms with Crippen LogP contribution in [0.2, 0.25) is 0 Å². The molecule has 1 unspecified atom stereocenters. The molecule has 24 heavy (non-hydrogen) atoms. The van der Waals surface area contributed by atoms with Gasteiger partial charge in [0.15, 0.2) is 0 Å². The van der Waals surface area contributed by atoms with Gasteiger partial charge in [0.1, 0.15) is 6.04 Å². The Bertz CT molecular complexity index is 745. The zero-order valence-electron chi connectivity index (χ0n) is 13.3. The lowest BCUT2D eigenvalue weighted by molar-refractivity contribution is -0.140. The highest BCUT2D eigenvalue weighted by atomic mass is 16.4. The van der Waals surface area contributed by atoms with E-state index in [9.17, 15) is 9.59 Å². The van der Waals surface area contributed by atoms with Crippen molar-refractivity contribution in [1.82, 2.24) is 0 Å². The average molecular weight is 324 g/mol. The molecule has 0 aliphatic carbocycles. The Labute approximate surface area is 140 Å². The number of nitrogens with zero attached hydrogens (tertiary/aromatic N) is 1. The maximum atomic E-state index is 12.7. The fraction of sp³-hybridized carbons (Fsp3) is 0.263. The van der Waals surface area contributed by atoms with Crippen LogP contribution in [0.4, 0.5) is 5.69 Å². The van der Waals surface area contributed by atoms with Crippen LogP contribution in [0.5, 0.6) is 0 Å². The number of rotatable bonds is 5. The topological polar surface area (TPSA) is 83.6 Å². The van der Waals surface area contributed by atoms with Crippen LogP contribution in [0.15, 0.2) is 54.6 Å². The second kappa shape index (κ2) is 6.84. The van der Waals surface area contributed by atoms with Crippen molar-refractivity contribution in [3.05, 3.63) is 65.7 Å². The largest absolute Gasteiger partial charge is 0.480 e. The van der Waals surface area contributed by atoms with E-state index >= 15 is 0 Å². The number of benzene rings is 2. The van der Waals surface area contributed by atoms with E-state index in [4.69, 9.17) is 10.8 Å². The quantitative estimate of drug-likeness (QED) is 0.881. The van der Waals surface area contributed by atoms with Crippen molar-refractivity contribution < 1.29 is 14.7 Å². The van der Waals surface area contributed by atoms with Crippen molar-refractivity contribution in [2.75, 3.05) is 4.90 Å². The van der Waals surface area contributed by atoms with E-state index in [-0.39, 0.29) is 18.4 Å². The standard InChI is InChI=1S/C19H20N2O3/c20-16(19(23)24)12-18(22)21-15(10-13-6-2-1-3-7-13)11-14-8-4-5-9-17(14)21/h1-9,15-16H,10-12,20H2,(H,23,24)/t15?,16-/m0/s1. The lowest BCUT2D eigenvalue weighted by Crippen LogP contribution is -2.43.